The molecule has 0 N–H and O–H groups in total. The van der Waals surface area contributed by atoms with Gasteiger partial charge in [0.2, 0.25) is 5.91 Å². The Kier molecular flexibility index (Phi) is 1.57. The monoisotopic (exact) mass is 198 g/mol. The van der Waals surface area contributed by atoms with Gasteiger partial charge in [-0.25, -0.2) is 4.68 Å². The minimum Gasteiger partial charge on any atom is -0.273 e. The zero-order valence-electron chi connectivity index (χ0n) is 8.40. The lowest BCUT2D eigenvalue weighted by atomic mass is 10.1. The van der Waals surface area contributed by atoms with E-state index in [4.69, 9.17) is 0 Å². The average Bonchev–Trinajstić information content (AvgIpc) is 2.73. The summed E-state index contributed by atoms with van der Waals surface area (Å²) in [4.78, 5) is 11.2. The Morgan fingerprint density at radius 3 is 2.93 bits per heavy atom. The summed E-state index contributed by atoms with van der Waals surface area (Å²) in [5, 5.41) is 4.30. The van der Waals surface area contributed by atoms with Gasteiger partial charge in [0.05, 0.1) is 5.69 Å². The first-order valence-corrected chi connectivity index (χ1v) is 4.93. The standard InChI is InChI=1S/C12H10N2O/c1-8(15)14-7-10-6-9-4-2-3-5-11(9)12(10)13-14/h2-5,7H,6H2,1H3. The van der Waals surface area contributed by atoms with Gasteiger partial charge in [-0.05, 0) is 5.56 Å². The second-order valence-corrected chi connectivity index (χ2v) is 3.80. The van der Waals surface area contributed by atoms with Crippen LogP contribution in [0.15, 0.2) is 30.5 Å². The lowest BCUT2D eigenvalue weighted by Gasteiger charge is -1.98. The van der Waals surface area contributed by atoms with Crippen molar-refractivity contribution in [3.63, 3.8) is 0 Å². The highest BCUT2D eigenvalue weighted by molar-refractivity contribution is 5.79. The van der Waals surface area contributed by atoms with E-state index in [1.165, 1.54) is 17.2 Å². The highest BCUT2D eigenvalue weighted by Gasteiger charge is 2.22. The maximum Gasteiger partial charge on any atom is 0.243 e. The molecule has 0 fully saturated rings. The van der Waals surface area contributed by atoms with Gasteiger partial charge in [-0.3, -0.25) is 4.79 Å². The van der Waals surface area contributed by atoms with E-state index in [-0.39, 0.29) is 5.91 Å². The van der Waals surface area contributed by atoms with Gasteiger partial charge >= 0.3 is 0 Å². The molecule has 0 saturated carbocycles. The summed E-state index contributed by atoms with van der Waals surface area (Å²) >= 11 is 0. The molecule has 2 aromatic rings. The Labute approximate surface area is 87.3 Å². The summed E-state index contributed by atoms with van der Waals surface area (Å²) in [5.74, 6) is -0.0399. The summed E-state index contributed by atoms with van der Waals surface area (Å²) in [6, 6.07) is 8.19. The van der Waals surface area contributed by atoms with Gasteiger partial charge in [-0.1, -0.05) is 24.3 Å². The van der Waals surface area contributed by atoms with Crippen LogP contribution in [-0.2, 0) is 6.42 Å². The number of hydrogen-bond donors (Lipinski definition) is 0. The molecular formula is C12H10N2O. The molecule has 1 aromatic heterocycles. The smallest absolute Gasteiger partial charge is 0.243 e. The van der Waals surface area contributed by atoms with Crippen LogP contribution in [0.1, 0.15) is 22.8 Å². The van der Waals surface area contributed by atoms with Crippen molar-refractivity contribution in [2.45, 2.75) is 13.3 Å². The normalized spacial score (nSPS) is 12.3. The predicted molar refractivity (Wildman–Crippen MR) is 56.8 cm³/mol. The van der Waals surface area contributed by atoms with Gasteiger partial charge in [0.1, 0.15) is 0 Å². The third-order valence-corrected chi connectivity index (χ3v) is 2.77. The van der Waals surface area contributed by atoms with Crippen LogP contribution in [0.25, 0.3) is 11.3 Å². The van der Waals surface area contributed by atoms with E-state index in [0.717, 1.165) is 23.2 Å². The molecule has 0 spiro atoms. The zero-order valence-corrected chi connectivity index (χ0v) is 8.40. The summed E-state index contributed by atoms with van der Waals surface area (Å²) in [6.07, 6.45) is 2.72. The van der Waals surface area contributed by atoms with Crippen LogP contribution in [0.4, 0.5) is 0 Å². The minimum absolute atomic E-state index is 0.0399. The molecule has 1 heterocycles. The largest absolute Gasteiger partial charge is 0.273 e. The zero-order chi connectivity index (χ0) is 10.4. The molecule has 1 aliphatic carbocycles. The number of carbonyl (C=O) groups is 1. The molecular weight excluding hydrogens is 188 g/mol. The number of nitrogens with zero attached hydrogens (tertiary/aromatic N) is 2. The molecule has 3 nitrogen and oxygen atoms in total. The van der Waals surface area contributed by atoms with Crippen molar-refractivity contribution in [2.24, 2.45) is 0 Å². The Bertz CT molecular complexity index is 554. The van der Waals surface area contributed by atoms with Gasteiger partial charge in [0.15, 0.2) is 0 Å². The molecule has 15 heavy (non-hydrogen) atoms. The maximum absolute atomic E-state index is 11.2. The number of hydrogen-bond acceptors (Lipinski definition) is 2. The number of rotatable bonds is 0. The molecule has 0 bridgehead atoms. The minimum atomic E-state index is -0.0399. The van der Waals surface area contributed by atoms with Gasteiger partial charge < -0.3 is 0 Å². The first-order valence-electron chi connectivity index (χ1n) is 4.93. The van der Waals surface area contributed by atoms with E-state index in [2.05, 4.69) is 17.2 Å². The van der Waals surface area contributed by atoms with Crippen LogP contribution in [-0.4, -0.2) is 15.7 Å². The van der Waals surface area contributed by atoms with Crippen molar-refractivity contribution in [3.8, 4) is 11.3 Å². The molecule has 74 valence electrons. The molecule has 1 aliphatic rings. The summed E-state index contributed by atoms with van der Waals surface area (Å²) < 4.78 is 1.42. The summed E-state index contributed by atoms with van der Waals surface area (Å²) in [7, 11) is 0. The number of fused-ring (bicyclic) bond motifs is 3. The van der Waals surface area contributed by atoms with Gasteiger partial charge in [0, 0.05) is 30.7 Å². The number of benzene rings is 1. The van der Waals surface area contributed by atoms with Crippen LogP contribution >= 0.6 is 0 Å². The van der Waals surface area contributed by atoms with E-state index >= 15 is 0 Å². The molecule has 0 atom stereocenters. The molecule has 3 rings (SSSR count). The molecule has 0 radical (unpaired) electrons. The van der Waals surface area contributed by atoms with Crippen molar-refractivity contribution in [1.29, 1.82) is 0 Å². The van der Waals surface area contributed by atoms with E-state index in [1.807, 2.05) is 18.3 Å². The van der Waals surface area contributed by atoms with Crippen molar-refractivity contribution >= 4 is 5.91 Å². The van der Waals surface area contributed by atoms with Crippen LogP contribution in [0.2, 0.25) is 0 Å². The second-order valence-electron chi connectivity index (χ2n) is 3.80. The highest BCUT2D eigenvalue weighted by atomic mass is 16.2. The molecule has 0 amide bonds. The van der Waals surface area contributed by atoms with Crippen molar-refractivity contribution in [2.75, 3.05) is 0 Å². The molecule has 0 aliphatic heterocycles. The Morgan fingerprint density at radius 1 is 1.33 bits per heavy atom. The quantitative estimate of drug-likeness (QED) is 0.554. The van der Waals surface area contributed by atoms with E-state index in [0.29, 0.717) is 0 Å². The highest BCUT2D eigenvalue weighted by Crippen LogP contribution is 2.34. The van der Waals surface area contributed by atoms with Crippen molar-refractivity contribution < 1.29 is 4.79 Å². The first-order chi connectivity index (χ1) is 7.25. The van der Waals surface area contributed by atoms with Crippen molar-refractivity contribution in [1.82, 2.24) is 9.78 Å². The average molecular weight is 198 g/mol. The van der Waals surface area contributed by atoms with Crippen molar-refractivity contribution in [3.05, 3.63) is 41.6 Å². The molecule has 3 heteroatoms. The van der Waals surface area contributed by atoms with Crippen LogP contribution in [0.5, 0.6) is 0 Å². The predicted octanol–water partition coefficient (Wildman–Crippen LogP) is 2.11. The van der Waals surface area contributed by atoms with E-state index < -0.39 is 0 Å². The lowest BCUT2D eigenvalue weighted by molar-refractivity contribution is 0.0921. The fraction of sp³-hybridized carbons (Fsp3) is 0.167. The Hall–Kier alpha value is -1.90. The summed E-state index contributed by atoms with van der Waals surface area (Å²) in [6.45, 7) is 1.52. The SMILES string of the molecule is CC(=O)n1cc2c(n1)-c1ccccc1C2. The van der Waals surface area contributed by atoms with Gasteiger partial charge in [-0.15, -0.1) is 0 Å². The third-order valence-electron chi connectivity index (χ3n) is 2.77. The molecule has 0 unspecified atom stereocenters. The topological polar surface area (TPSA) is 34.9 Å². The van der Waals surface area contributed by atoms with Crippen LogP contribution in [0.3, 0.4) is 0 Å². The van der Waals surface area contributed by atoms with Gasteiger partial charge in [0.25, 0.3) is 0 Å². The Morgan fingerprint density at radius 2 is 2.13 bits per heavy atom. The second kappa shape index (κ2) is 2.79. The van der Waals surface area contributed by atoms with E-state index in [9.17, 15) is 4.79 Å². The Balaban J connectivity index is 2.19. The third kappa shape index (κ3) is 1.13. The van der Waals surface area contributed by atoms with Crippen LogP contribution in [0, 0.1) is 0 Å². The van der Waals surface area contributed by atoms with E-state index in [1.54, 1.807) is 0 Å². The fourth-order valence-corrected chi connectivity index (χ4v) is 2.04. The number of aromatic nitrogens is 2. The maximum atomic E-state index is 11.2. The summed E-state index contributed by atoms with van der Waals surface area (Å²) in [5.41, 5.74) is 4.56. The fourth-order valence-electron chi connectivity index (χ4n) is 2.04. The van der Waals surface area contributed by atoms with Gasteiger partial charge in [-0.2, -0.15) is 5.10 Å². The molecule has 1 aromatic carbocycles. The van der Waals surface area contributed by atoms with Crippen LogP contribution < -0.4 is 0 Å². The lowest BCUT2D eigenvalue weighted by Crippen LogP contribution is -2.06. The molecule has 0 saturated heterocycles. The first kappa shape index (κ1) is 8.41. The number of carbonyl (C=O) groups excluding carboxylic acids is 1.